The van der Waals surface area contributed by atoms with E-state index in [9.17, 15) is 19.1 Å². The molecule has 0 spiro atoms. The van der Waals surface area contributed by atoms with E-state index in [0.29, 0.717) is 67.6 Å². The molecule has 0 bridgehead atoms. The number of allylic oxidation sites excluding steroid dienone is 3. The Morgan fingerprint density at radius 3 is 2.79 bits per heavy atom. The number of hydrogen-bond acceptors (Lipinski definition) is 8. The molecule has 0 saturated carbocycles. The molecule has 0 radical (unpaired) electrons. The summed E-state index contributed by atoms with van der Waals surface area (Å²) in [5, 5.41) is 16.4. The number of nitrogens with one attached hydrogen (secondary N) is 2. The predicted octanol–water partition coefficient (Wildman–Crippen LogP) is 4.42. The van der Waals surface area contributed by atoms with Crippen molar-refractivity contribution in [2.45, 2.75) is 38.1 Å². The average molecular weight is 664 g/mol. The number of ether oxygens (including phenoxy) is 1. The van der Waals surface area contributed by atoms with Gasteiger partial charge in [0.05, 0.1) is 18.5 Å². The van der Waals surface area contributed by atoms with E-state index in [2.05, 4.69) is 27.2 Å². The molecule has 11 nitrogen and oxygen atoms in total. The Morgan fingerprint density at radius 1 is 1.23 bits per heavy atom. The number of imidazole rings is 1. The van der Waals surface area contributed by atoms with E-state index in [1.807, 2.05) is 33.3 Å². The fourth-order valence-corrected chi connectivity index (χ4v) is 6.79. The third-order valence-corrected chi connectivity index (χ3v) is 9.43. The highest BCUT2D eigenvalue weighted by molar-refractivity contribution is 6.30. The van der Waals surface area contributed by atoms with Crippen molar-refractivity contribution in [3.05, 3.63) is 89.0 Å². The Hall–Kier alpha value is -4.26. The Labute approximate surface area is 277 Å². The van der Waals surface area contributed by atoms with Gasteiger partial charge in [0, 0.05) is 85.7 Å². The van der Waals surface area contributed by atoms with E-state index < -0.39 is 11.7 Å². The minimum atomic E-state index is -0.436. The van der Waals surface area contributed by atoms with Crippen LogP contribution in [0.2, 0.25) is 0 Å². The molecule has 248 valence electrons. The molecule has 2 aliphatic heterocycles. The number of anilines is 2. The Kier molecular flexibility index (Phi) is 9.90. The zero-order valence-electron chi connectivity index (χ0n) is 26.3. The maximum Gasteiger partial charge on any atom is 0.254 e. The number of likely N-dealkylation sites (tertiary alicyclic amines) is 1. The lowest BCUT2D eigenvalue weighted by Gasteiger charge is -2.38. The van der Waals surface area contributed by atoms with Gasteiger partial charge < -0.3 is 30.3 Å². The molecule has 1 aliphatic carbocycles. The first kappa shape index (κ1) is 32.7. The van der Waals surface area contributed by atoms with E-state index in [-0.39, 0.29) is 49.2 Å². The van der Waals surface area contributed by atoms with Crippen LogP contribution < -0.4 is 10.6 Å². The van der Waals surface area contributed by atoms with E-state index in [4.69, 9.17) is 16.3 Å². The van der Waals surface area contributed by atoms with Gasteiger partial charge in [0.25, 0.3) is 5.91 Å². The third-order valence-electron chi connectivity index (χ3n) is 9.06. The number of hydrogen-bond donors (Lipinski definition) is 3. The molecule has 2 amide bonds. The van der Waals surface area contributed by atoms with Crippen LogP contribution in [-0.4, -0.2) is 93.1 Å². The summed E-state index contributed by atoms with van der Waals surface area (Å²) in [7, 11) is 0. The molecule has 2 saturated heterocycles. The van der Waals surface area contributed by atoms with E-state index in [1.54, 1.807) is 30.7 Å². The van der Waals surface area contributed by atoms with Crippen molar-refractivity contribution >= 4 is 40.6 Å². The number of aromatic nitrogens is 3. The molecule has 2 fully saturated rings. The summed E-state index contributed by atoms with van der Waals surface area (Å²) in [6.07, 6.45) is 9.40. The number of piperidine rings is 1. The monoisotopic (exact) mass is 663 g/mol. The van der Waals surface area contributed by atoms with Crippen LogP contribution in [0, 0.1) is 12.8 Å². The Morgan fingerprint density at radius 2 is 2.04 bits per heavy atom. The van der Waals surface area contributed by atoms with Gasteiger partial charge in [-0.1, -0.05) is 24.3 Å². The lowest BCUT2D eigenvalue weighted by Crippen LogP contribution is -2.56. The number of rotatable bonds is 9. The Balaban J connectivity index is 1.10. The predicted molar refractivity (Wildman–Crippen MR) is 177 cm³/mol. The summed E-state index contributed by atoms with van der Waals surface area (Å²) in [5.41, 5.74) is 3.41. The number of carbonyl (C=O) groups is 2. The van der Waals surface area contributed by atoms with Crippen LogP contribution >= 0.6 is 11.6 Å². The molecular formula is C34H39ClFN7O4. The average Bonchev–Trinajstić information content (AvgIpc) is 3.53. The summed E-state index contributed by atoms with van der Waals surface area (Å²) in [5.74, 6) is -0.269. The van der Waals surface area contributed by atoms with E-state index in [0.717, 1.165) is 16.9 Å². The number of aliphatic hydroxyl groups excluding tert-OH is 1. The molecule has 1 aromatic carbocycles. The van der Waals surface area contributed by atoms with E-state index in [1.165, 1.54) is 6.08 Å². The van der Waals surface area contributed by atoms with Gasteiger partial charge in [-0.05, 0) is 49.6 Å². The number of piperazine rings is 1. The molecular weight excluding hydrogens is 625 g/mol. The summed E-state index contributed by atoms with van der Waals surface area (Å²) in [6, 6.07) is 5.44. The fourth-order valence-electron chi connectivity index (χ4n) is 6.50. The van der Waals surface area contributed by atoms with Gasteiger partial charge in [0.2, 0.25) is 5.91 Å². The first-order valence-corrected chi connectivity index (χ1v) is 16.3. The highest BCUT2D eigenvalue weighted by atomic mass is 35.5. The molecule has 2 unspecified atom stereocenters. The van der Waals surface area contributed by atoms with Crippen molar-refractivity contribution in [1.82, 2.24) is 29.5 Å². The normalized spacial score (nSPS) is 20.7. The molecule has 6 rings (SSSR count). The smallest absolute Gasteiger partial charge is 0.254 e. The number of carbonyl (C=O) groups excluding carboxylic acids is 2. The largest absolute Gasteiger partial charge is 0.487 e. The fraction of sp³-hybridized carbons (Fsp3) is 0.412. The minimum Gasteiger partial charge on any atom is -0.487 e. The van der Waals surface area contributed by atoms with Crippen LogP contribution in [0.1, 0.15) is 46.8 Å². The molecule has 13 heteroatoms. The van der Waals surface area contributed by atoms with Gasteiger partial charge in [0.15, 0.2) is 17.2 Å². The maximum absolute atomic E-state index is 14.9. The van der Waals surface area contributed by atoms with Crippen LogP contribution in [0.4, 0.5) is 15.9 Å². The summed E-state index contributed by atoms with van der Waals surface area (Å²) >= 11 is 6.58. The van der Waals surface area contributed by atoms with Crippen molar-refractivity contribution in [3.8, 4) is 0 Å². The van der Waals surface area contributed by atoms with Gasteiger partial charge >= 0.3 is 0 Å². The topological polar surface area (TPSA) is 124 Å². The van der Waals surface area contributed by atoms with Crippen molar-refractivity contribution in [1.29, 1.82) is 0 Å². The lowest BCUT2D eigenvalue weighted by molar-refractivity contribution is -0.138. The molecule has 3 N–H and O–H groups in total. The summed E-state index contributed by atoms with van der Waals surface area (Å²) < 4.78 is 22.1. The highest BCUT2D eigenvalue weighted by Gasteiger charge is 2.33. The standard InChI is InChI=1S/C34H39ClFN7O4/c1-3-14-47-30-17-27(35)26(16-28(30)36)29-18-39-32-31(38-9-13-43(29)32)40-23-4-5-25(21(2)15-23)34(46)41-10-6-22(7-11-41)33(45)42-12-8-37-24(19-42)20-44/h3-5,9,13,15,17-18,22,24,26,37,44H,1,6-8,10-12,14,16,19-20H2,2H3,(H,38,40). The summed E-state index contributed by atoms with van der Waals surface area (Å²) in [6.45, 7) is 8.53. The van der Waals surface area contributed by atoms with Crippen LogP contribution in [0.15, 0.2) is 72.1 Å². The molecule has 47 heavy (non-hydrogen) atoms. The third kappa shape index (κ3) is 6.90. The summed E-state index contributed by atoms with van der Waals surface area (Å²) in [4.78, 5) is 39.3. The number of halogens is 2. The number of benzene rings is 1. The Bertz CT molecular complexity index is 1730. The number of aryl methyl sites for hydroxylation is 1. The van der Waals surface area contributed by atoms with Crippen LogP contribution in [-0.2, 0) is 9.53 Å². The lowest BCUT2D eigenvalue weighted by atomic mass is 9.94. The number of aliphatic hydroxyl groups is 1. The van der Waals surface area contributed by atoms with Crippen molar-refractivity contribution in [2.75, 3.05) is 51.3 Å². The first-order valence-electron chi connectivity index (χ1n) is 15.9. The highest BCUT2D eigenvalue weighted by Crippen LogP contribution is 2.40. The van der Waals surface area contributed by atoms with Crippen LogP contribution in [0.3, 0.4) is 0 Å². The number of nitrogens with zero attached hydrogens (tertiary/aromatic N) is 5. The first-order chi connectivity index (χ1) is 22.8. The van der Waals surface area contributed by atoms with Gasteiger partial charge in [0.1, 0.15) is 12.4 Å². The van der Waals surface area contributed by atoms with Crippen LogP contribution in [0.25, 0.3) is 5.65 Å². The molecule has 4 heterocycles. The van der Waals surface area contributed by atoms with E-state index >= 15 is 0 Å². The van der Waals surface area contributed by atoms with Crippen molar-refractivity contribution < 1.29 is 23.8 Å². The molecule has 3 aliphatic rings. The van der Waals surface area contributed by atoms with Gasteiger partial charge in [-0.25, -0.2) is 14.4 Å². The van der Waals surface area contributed by atoms with Crippen LogP contribution in [0.5, 0.6) is 0 Å². The van der Waals surface area contributed by atoms with Crippen molar-refractivity contribution in [3.63, 3.8) is 0 Å². The number of fused-ring (bicyclic) bond motifs is 1. The second kappa shape index (κ2) is 14.2. The minimum absolute atomic E-state index is 0.00305. The van der Waals surface area contributed by atoms with Gasteiger partial charge in [-0.2, -0.15) is 0 Å². The second-order valence-corrected chi connectivity index (χ2v) is 12.6. The quantitative estimate of drug-likeness (QED) is 0.288. The molecule has 2 atom stereocenters. The maximum atomic E-state index is 14.9. The SMILES string of the molecule is C=CCOC1=C(F)CC(c2cnc3c(Nc4ccc(C(=O)N5CCC(C(=O)N6CCNC(CO)C6)CC5)c(C)c4)nccn23)C(Cl)=C1. The zero-order chi connectivity index (χ0) is 33.1. The zero-order valence-corrected chi connectivity index (χ0v) is 27.0. The van der Waals surface area contributed by atoms with Crippen molar-refractivity contribution in [2.24, 2.45) is 5.92 Å². The second-order valence-electron chi connectivity index (χ2n) is 12.1. The molecule has 3 aromatic rings. The molecule has 2 aromatic heterocycles. The van der Waals surface area contributed by atoms with Gasteiger partial charge in [-0.15, -0.1) is 0 Å². The number of amides is 2. The van der Waals surface area contributed by atoms with Gasteiger partial charge in [-0.3, -0.25) is 14.0 Å².